The molecule has 1 aliphatic rings. The Morgan fingerprint density at radius 2 is 1.86 bits per heavy atom. The topological polar surface area (TPSA) is 55.8 Å². The molecule has 8 heteroatoms. The highest BCUT2D eigenvalue weighted by Gasteiger charge is 2.33. The zero-order valence-electron chi connectivity index (χ0n) is 14.9. The molecule has 0 atom stereocenters. The van der Waals surface area contributed by atoms with Crippen molar-refractivity contribution in [2.75, 3.05) is 13.7 Å². The van der Waals surface area contributed by atoms with Gasteiger partial charge in [-0.1, -0.05) is 59.8 Å². The summed E-state index contributed by atoms with van der Waals surface area (Å²) in [6, 6.07) is 14.8. The van der Waals surface area contributed by atoms with Crippen LogP contribution in [0.5, 0.6) is 5.75 Å². The van der Waals surface area contributed by atoms with E-state index in [0.717, 1.165) is 22.9 Å². The van der Waals surface area contributed by atoms with Gasteiger partial charge in [0, 0.05) is 5.02 Å². The van der Waals surface area contributed by atoms with Crippen LogP contribution in [0.1, 0.15) is 11.1 Å². The molecule has 5 nitrogen and oxygen atoms in total. The van der Waals surface area contributed by atoms with Crippen molar-refractivity contribution >= 4 is 57.9 Å². The summed E-state index contributed by atoms with van der Waals surface area (Å²) < 4.78 is 10.7. The normalized spacial score (nSPS) is 15.2. The van der Waals surface area contributed by atoms with Crippen LogP contribution in [-0.2, 0) is 20.9 Å². The minimum atomic E-state index is -0.514. The monoisotopic (exact) mass is 433 g/mol. The van der Waals surface area contributed by atoms with Gasteiger partial charge in [-0.15, -0.1) is 0 Å². The predicted molar refractivity (Wildman–Crippen MR) is 114 cm³/mol. The number of carbonyl (C=O) groups is 2. The first-order chi connectivity index (χ1) is 13.5. The SMILES string of the molecule is COC(=O)CN1C(=O)C(=Cc2ccc(OCc3ccc(Cl)cc3)cc2)SC1=S. The number of carbonyl (C=O) groups excluding carboxylic acids is 2. The molecule has 0 aromatic heterocycles. The molecular weight excluding hydrogens is 418 g/mol. The van der Waals surface area contributed by atoms with Crippen LogP contribution in [0.2, 0.25) is 5.02 Å². The molecule has 0 saturated carbocycles. The molecule has 1 fully saturated rings. The largest absolute Gasteiger partial charge is 0.489 e. The predicted octanol–water partition coefficient (Wildman–Crippen LogP) is 4.29. The smallest absolute Gasteiger partial charge is 0.325 e. The van der Waals surface area contributed by atoms with Crippen LogP contribution in [0.3, 0.4) is 0 Å². The fourth-order valence-corrected chi connectivity index (χ4v) is 3.77. The summed E-state index contributed by atoms with van der Waals surface area (Å²) in [5, 5.41) is 0.685. The number of rotatable bonds is 6. The van der Waals surface area contributed by atoms with E-state index in [9.17, 15) is 9.59 Å². The molecule has 1 heterocycles. The molecule has 144 valence electrons. The van der Waals surface area contributed by atoms with Crippen LogP contribution in [0.4, 0.5) is 0 Å². The minimum absolute atomic E-state index is 0.185. The first-order valence-corrected chi connectivity index (χ1v) is 9.86. The van der Waals surface area contributed by atoms with E-state index < -0.39 is 5.97 Å². The number of esters is 1. The summed E-state index contributed by atoms with van der Waals surface area (Å²) in [4.78, 5) is 25.5. The van der Waals surface area contributed by atoms with E-state index in [1.54, 1.807) is 6.08 Å². The molecule has 0 bridgehead atoms. The summed E-state index contributed by atoms with van der Waals surface area (Å²) in [7, 11) is 1.27. The van der Waals surface area contributed by atoms with Gasteiger partial charge in [0.1, 0.15) is 23.2 Å². The number of hydrogen-bond donors (Lipinski definition) is 0. The van der Waals surface area contributed by atoms with Gasteiger partial charge >= 0.3 is 5.97 Å². The van der Waals surface area contributed by atoms with Gasteiger partial charge in [-0.25, -0.2) is 0 Å². The number of benzene rings is 2. The Labute approximate surface area is 177 Å². The number of thioether (sulfide) groups is 1. The van der Waals surface area contributed by atoms with Crippen LogP contribution in [0.15, 0.2) is 53.4 Å². The van der Waals surface area contributed by atoms with Crippen LogP contribution < -0.4 is 4.74 Å². The van der Waals surface area contributed by atoms with Crippen LogP contribution in [0.25, 0.3) is 6.08 Å². The zero-order valence-corrected chi connectivity index (χ0v) is 17.3. The second kappa shape index (κ2) is 9.23. The van der Waals surface area contributed by atoms with Crippen molar-refractivity contribution in [3.05, 3.63) is 69.6 Å². The maximum Gasteiger partial charge on any atom is 0.325 e. The maximum absolute atomic E-state index is 12.4. The summed E-state index contributed by atoms with van der Waals surface area (Å²) >= 11 is 12.2. The highest BCUT2D eigenvalue weighted by atomic mass is 35.5. The van der Waals surface area contributed by atoms with Crippen molar-refractivity contribution in [3.8, 4) is 5.75 Å². The van der Waals surface area contributed by atoms with E-state index in [2.05, 4.69) is 4.74 Å². The molecule has 2 aromatic rings. The fraction of sp³-hybridized carbons (Fsp3) is 0.150. The Kier molecular flexibility index (Phi) is 6.72. The van der Waals surface area contributed by atoms with Crippen molar-refractivity contribution in [3.63, 3.8) is 0 Å². The summed E-state index contributed by atoms with van der Waals surface area (Å²) in [5.41, 5.74) is 1.85. The van der Waals surface area contributed by atoms with E-state index >= 15 is 0 Å². The van der Waals surface area contributed by atoms with Gasteiger partial charge in [-0.2, -0.15) is 0 Å². The van der Waals surface area contributed by atoms with Gasteiger partial charge in [-0.05, 0) is 41.5 Å². The fourth-order valence-electron chi connectivity index (χ4n) is 2.39. The van der Waals surface area contributed by atoms with E-state index in [1.807, 2.05) is 48.5 Å². The molecule has 3 rings (SSSR count). The number of hydrogen-bond acceptors (Lipinski definition) is 6. The minimum Gasteiger partial charge on any atom is -0.489 e. The van der Waals surface area contributed by atoms with Gasteiger partial charge in [0.15, 0.2) is 0 Å². The maximum atomic E-state index is 12.4. The molecule has 0 spiro atoms. The lowest BCUT2D eigenvalue weighted by Crippen LogP contribution is -2.33. The quantitative estimate of drug-likeness (QED) is 0.384. The molecule has 1 saturated heterocycles. The molecule has 0 N–H and O–H groups in total. The Morgan fingerprint density at radius 3 is 2.50 bits per heavy atom. The molecule has 0 radical (unpaired) electrons. The van der Waals surface area contributed by atoms with E-state index in [1.165, 1.54) is 12.0 Å². The third kappa shape index (κ3) is 5.13. The highest BCUT2D eigenvalue weighted by molar-refractivity contribution is 8.26. The Morgan fingerprint density at radius 1 is 1.18 bits per heavy atom. The number of nitrogens with zero attached hydrogens (tertiary/aromatic N) is 1. The lowest BCUT2D eigenvalue weighted by molar-refractivity contribution is -0.143. The highest BCUT2D eigenvalue weighted by Crippen LogP contribution is 2.32. The number of amides is 1. The van der Waals surface area contributed by atoms with Gasteiger partial charge in [0.05, 0.1) is 12.0 Å². The second-order valence-electron chi connectivity index (χ2n) is 5.83. The molecule has 28 heavy (non-hydrogen) atoms. The molecule has 1 amide bonds. The molecule has 0 aliphatic carbocycles. The standard InChI is InChI=1S/C20H16ClNO4S2/c1-25-18(23)11-22-19(24)17(28-20(22)27)10-13-4-8-16(9-5-13)26-12-14-2-6-15(21)7-3-14/h2-10H,11-12H2,1H3. The average Bonchev–Trinajstić information content (AvgIpc) is 2.96. The van der Waals surface area contributed by atoms with Crippen molar-refractivity contribution in [1.29, 1.82) is 0 Å². The zero-order chi connectivity index (χ0) is 20.1. The molecule has 1 aliphatic heterocycles. The molecule has 2 aromatic carbocycles. The average molecular weight is 434 g/mol. The molecular formula is C20H16ClNO4S2. The number of ether oxygens (including phenoxy) is 2. The molecule has 0 unspecified atom stereocenters. The first kappa shape index (κ1) is 20.4. The van der Waals surface area contributed by atoms with Crippen LogP contribution in [0, 0.1) is 0 Å². The van der Waals surface area contributed by atoms with Gasteiger partial charge in [-0.3, -0.25) is 14.5 Å². The lowest BCUT2D eigenvalue weighted by atomic mass is 10.2. The van der Waals surface area contributed by atoms with Gasteiger partial charge < -0.3 is 9.47 Å². The van der Waals surface area contributed by atoms with Crippen molar-refractivity contribution in [1.82, 2.24) is 4.90 Å². The number of halogens is 1. The number of thiocarbonyl (C=S) groups is 1. The van der Waals surface area contributed by atoms with Crippen molar-refractivity contribution < 1.29 is 19.1 Å². The third-order valence-electron chi connectivity index (χ3n) is 3.89. The van der Waals surface area contributed by atoms with Crippen LogP contribution >= 0.6 is 35.6 Å². The third-order valence-corrected chi connectivity index (χ3v) is 5.51. The number of methoxy groups -OCH3 is 1. The summed E-state index contributed by atoms with van der Waals surface area (Å²) in [6.07, 6.45) is 1.74. The second-order valence-corrected chi connectivity index (χ2v) is 7.94. The lowest BCUT2D eigenvalue weighted by Gasteiger charge is -2.11. The van der Waals surface area contributed by atoms with E-state index in [0.29, 0.717) is 26.6 Å². The first-order valence-electron chi connectivity index (χ1n) is 8.26. The van der Waals surface area contributed by atoms with Gasteiger partial charge in [0.25, 0.3) is 5.91 Å². The van der Waals surface area contributed by atoms with Crippen LogP contribution in [-0.4, -0.2) is 34.8 Å². The van der Waals surface area contributed by atoms with Crippen molar-refractivity contribution in [2.45, 2.75) is 6.61 Å². The Balaban J connectivity index is 1.63. The Bertz CT molecular complexity index is 926. The van der Waals surface area contributed by atoms with E-state index in [-0.39, 0.29) is 12.5 Å². The summed E-state index contributed by atoms with van der Waals surface area (Å²) in [6.45, 7) is 0.249. The van der Waals surface area contributed by atoms with E-state index in [4.69, 9.17) is 28.6 Å². The van der Waals surface area contributed by atoms with Crippen molar-refractivity contribution in [2.24, 2.45) is 0 Å². The van der Waals surface area contributed by atoms with Gasteiger partial charge in [0.2, 0.25) is 0 Å². The summed E-state index contributed by atoms with van der Waals surface area (Å²) in [5.74, 6) is -0.103. The Hall–Kier alpha value is -2.35.